The maximum Gasteiger partial charge on any atom is 0.417 e. The number of benzene rings is 2. The van der Waals surface area contributed by atoms with Crippen LogP contribution in [0.25, 0.3) is 0 Å². The molecule has 1 heterocycles. The minimum Gasteiger partial charge on any atom is -0.207 e. The lowest BCUT2D eigenvalue weighted by atomic mass is 9.77. The Morgan fingerprint density at radius 1 is 1.04 bits per heavy atom. The number of rotatable bonds is 1. The first-order valence-electron chi connectivity index (χ1n) is 7.00. The van der Waals surface area contributed by atoms with E-state index >= 15 is 0 Å². The zero-order valence-corrected chi connectivity index (χ0v) is 15.3. The third-order valence-electron chi connectivity index (χ3n) is 4.16. The van der Waals surface area contributed by atoms with E-state index in [1.54, 1.807) is 13.8 Å². The van der Waals surface area contributed by atoms with E-state index in [0.717, 1.165) is 23.9 Å². The number of hydrogen-bond donors (Lipinski definition) is 0. The van der Waals surface area contributed by atoms with Crippen LogP contribution in [0.3, 0.4) is 0 Å². The van der Waals surface area contributed by atoms with Gasteiger partial charge in [-0.2, -0.15) is 13.2 Å². The third-order valence-corrected chi connectivity index (χ3v) is 6.64. The average molecular weight is 411 g/mol. The molecule has 2 nitrogen and oxygen atoms in total. The van der Waals surface area contributed by atoms with Crippen molar-refractivity contribution in [1.29, 1.82) is 0 Å². The van der Waals surface area contributed by atoms with Crippen LogP contribution in [0, 0.1) is 5.82 Å². The molecule has 1 aliphatic rings. The molecule has 0 atom stereocenters. The number of fused-ring (bicyclic) bond motifs is 2. The molecular weight excluding hydrogens is 400 g/mol. The lowest BCUT2D eigenvalue weighted by Crippen LogP contribution is -2.25. The molecule has 25 heavy (non-hydrogen) atoms. The molecule has 134 valence electrons. The molecule has 0 saturated carbocycles. The predicted molar refractivity (Wildman–Crippen MR) is 87.1 cm³/mol. The Kier molecular flexibility index (Phi) is 4.17. The van der Waals surface area contributed by atoms with E-state index in [2.05, 4.69) is 0 Å². The highest BCUT2D eigenvalue weighted by Gasteiger charge is 2.41. The fourth-order valence-electron chi connectivity index (χ4n) is 2.92. The Morgan fingerprint density at radius 2 is 1.64 bits per heavy atom. The van der Waals surface area contributed by atoms with Gasteiger partial charge in [-0.1, -0.05) is 31.7 Å². The van der Waals surface area contributed by atoms with Crippen molar-refractivity contribution < 1.29 is 26.0 Å². The Balaban J connectivity index is 2.34. The van der Waals surface area contributed by atoms with Gasteiger partial charge in [-0.3, -0.25) is 0 Å². The number of halogens is 5. The van der Waals surface area contributed by atoms with Gasteiger partial charge in [0.2, 0.25) is 0 Å². The molecule has 0 fully saturated rings. The van der Waals surface area contributed by atoms with Crippen LogP contribution in [0.15, 0.2) is 45.0 Å². The quantitative estimate of drug-likeness (QED) is 0.455. The largest absolute Gasteiger partial charge is 0.417 e. The Bertz CT molecular complexity index is 982. The van der Waals surface area contributed by atoms with Crippen molar-refractivity contribution in [2.75, 3.05) is 0 Å². The topological polar surface area (TPSA) is 34.1 Å². The van der Waals surface area contributed by atoms with Gasteiger partial charge in [-0.25, -0.2) is 12.8 Å². The molecule has 3 rings (SSSR count). The van der Waals surface area contributed by atoms with E-state index in [1.807, 2.05) is 0 Å². The van der Waals surface area contributed by atoms with Gasteiger partial charge in [0.25, 0.3) is 9.05 Å². The summed E-state index contributed by atoms with van der Waals surface area (Å²) >= 11 is 1.02. The van der Waals surface area contributed by atoms with Gasteiger partial charge in [-0.15, -0.1) is 0 Å². The fraction of sp³-hybridized carbons (Fsp3) is 0.250. The maximum absolute atomic E-state index is 13.5. The zero-order valence-electron chi connectivity index (χ0n) is 12.9. The molecule has 0 amide bonds. The molecule has 0 radical (unpaired) electrons. The molecule has 0 spiro atoms. The lowest BCUT2D eigenvalue weighted by Gasteiger charge is -2.35. The van der Waals surface area contributed by atoms with Crippen molar-refractivity contribution >= 4 is 31.5 Å². The molecule has 0 aliphatic carbocycles. The van der Waals surface area contributed by atoms with Gasteiger partial charge in [-0.05, 0) is 35.4 Å². The summed E-state index contributed by atoms with van der Waals surface area (Å²) in [7, 11) is 0.604. The molecule has 0 saturated heterocycles. The minimum absolute atomic E-state index is 0.301. The van der Waals surface area contributed by atoms with Crippen molar-refractivity contribution in [2.24, 2.45) is 0 Å². The highest BCUT2D eigenvalue weighted by atomic mass is 35.7. The van der Waals surface area contributed by atoms with Crippen LogP contribution in [-0.2, 0) is 20.6 Å². The summed E-state index contributed by atoms with van der Waals surface area (Å²) in [4.78, 5) is -0.172. The van der Waals surface area contributed by atoms with Crippen LogP contribution in [-0.4, -0.2) is 8.42 Å². The first-order valence-corrected chi connectivity index (χ1v) is 10.1. The summed E-state index contributed by atoms with van der Waals surface area (Å²) in [6, 6.07) is 5.79. The highest BCUT2D eigenvalue weighted by Crippen LogP contribution is 2.51. The van der Waals surface area contributed by atoms with Gasteiger partial charge in [0.05, 0.1) is 10.5 Å². The molecule has 0 bridgehead atoms. The van der Waals surface area contributed by atoms with Crippen LogP contribution >= 0.6 is 22.4 Å². The second-order valence-electron chi connectivity index (χ2n) is 6.15. The van der Waals surface area contributed by atoms with Gasteiger partial charge >= 0.3 is 6.18 Å². The second-order valence-corrected chi connectivity index (χ2v) is 9.77. The average Bonchev–Trinajstić information content (AvgIpc) is 2.43. The molecular formula is C16H11ClF4O2S2. The summed E-state index contributed by atoms with van der Waals surface area (Å²) < 4.78 is 76.9. The zero-order chi connectivity index (χ0) is 18.8. The fourth-order valence-corrected chi connectivity index (χ4v) is 5.51. The minimum atomic E-state index is -4.88. The molecule has 0 unspecified atom stereocenters. The molecule has 0 aromatic heterocycles. The summed E-state index contributed by atoms with van der Waals surface area (Å²) in [6.45, 7) is 3.41. The molecule has 2 aromatic rings. The van der Waals surface area contributed by atoms with Gasteiger partial charge in [0.1, 0.15) is 5.82 Å². The number of alkyl halides is 3. The van der Waals surface area contributed by atoms with E-state index in [9.17, 15) is 26.0 Å². The van der Waals surface area contributed by atoms with Crippen molar-refractivity contribution in [3.63, 3.8) is 0 Å². The Morgan fingerprint density at radius 3 is 2.20 bits per heavy atom. The molecule has 1 aliphatic heterocycles. The van der Waals surface area contributed by atoms with Gasteiger partial charge in [0, 0.05) is 25.9 Å². The molecule has 0 N–H and O–H groups in total. The van der Waals surface area contributed by atoms with Crippen molar-refractivity contribution in [2.45, 2.75) is 40.1 Å². The van der Waals surface area contributed by atoms with Crippen LogP contribution in [0.4, 0.5) is 17.6 Å². The van der Waals surface area contributed by atoms with Crippen molar-refractivity contribution in [3.05, 3.63) is 52.8 Å². The molecule has 9 heteroatoms. The lowest BCUT2D eigenvalue weighted by molar-refractivity contribution is -0.140. The standard InChI is InChI=1S/C16H11ClF4O2S2/c1-15(2)9-4-3-8(18)5-12(9)24-13-7-14(25(17,22)23)11(6-10(13)15)16(19,20)21/h3-7H,1-2H3. The van der Waals surface area contributed by atoms with E-state index in [4.69, 9.17) is 10.7 Å². The first kappa shape index (κ1) is 18.5. The summed E-state index contributed by atoms with van der Waals surface area (Å²) in [5.74, 6) is -0.484. The summed E-state index contributed by atoms with van der Waals surface area (Å²) in [5, 5.41) is 0. The monoisotopic (exact) mass is 410 g/mol. The highest BCUT2D eigenvalue weighted by molar-refractivity contribution is 8.13. The second kappa shape index (κ2) is 5.62. The SMILES string of the molecule is CC1(C)c2ccc(F)cc2Sc2cc(S(=O)(=O)Cl)c(C(F)(F)F)cc21. The number of hydrogen-bond acceptors (Lipinski definition) is 3. The summed E-state index contributed by atoms with van der Waals surface area (Å²) in [6.07, 6.45) is -4.88. The van der Waals surface area contributed by atoms with E-state index < -0.39 is 36.9 Å². The van der Waals surface area contributed by atoms with E-state index in [-0.39, 0.29) is 0 Å². The van der Waals surface area contributed by atoms with Crippen LogP contribution in [0.2, 0.25) is 0 Å². The first-order chi connectivity index (χ1) is 11.3. The van der Waals surface area contributed by atoms with E-state index in [1.165, 1.54) is 18.2 Å². The van der Waals surface area contributed by atoms with Gasteiger partial charge < -0.3 is 0 Å². The Hall–Kier alpha value is -1.25. The van der Waals surface area contributed by atoms with E-state index in [0.29, 0.717) is 20.9 Å². The third kappa shape index (κ3) is 3.15. The van der Waals surface area contributed by atoms with Gasteiger partial charge in [0.15, 0.2) is 0 Å². The molecule has 2 aromatic carbocycles. The van der Waals surface area contributed by atoms with Crippen LogP contribution in [0.1, 0.15) is 30.5 Å². The summed E-state index contributed by atoms with van der Waals surface area (Å²) in [5.41, 5.74) is -1.19. The van der Waals surface area contributed by atoms with Crippen LogP contribution < -0.4 is 0 Å². The Labute approximate surface area is 150 Å². The van der Waals surface area contributed by atoms with Crippen molar-refractivity contribution in [3.8, 4) is 0 Å². The van der Waals surface area contributed by atoms with Crippen LogP contribution in [0.5, 0.6) is 0 Å². The maximum atomic E-state index is 13.5. The predicted octanol–water partition coefficient (Wildman–Crippen LogP) is 5.56. The smallest absolute Gasteiger partial charge is 0.207 e. The van der Waals surface area contributed by atoms with Crippen molar-refractivity contribution in [1.82, 2.24) is 0 Å². The normalized spacial score (nSPS) is 16.3.